The number of carboxylic acids is 1. The van der Waals surface area contributed by atoms with Gasteiger partial charge in [0.25, 0.3) is 0 Å². The molecule has 1 aromatic carbocycles. The van der Waals surface area contributed by atoms with Gasteiger partial charge in [-0.2, -0.15) is 0 Å². The molecule has 0 spiro atoms. The largest absolute Gasteiger partial charge is 0.493 e. The minimum Gasteiger partial charge on any atom is -0.493 e. The molecule has 0 aromatic heterocycles. The Morgan fingerprint density at radius 2 is 2.00 bits per heavy atom. The summed E-state index contributed by atoms with van der Waals surface area (Å²) in [5.74, 6) is -0.843. The van der Waals surface area contributed by atoms with Gasteiger partial charge in [0.15, 0.2) is 0 Å². The van der Waals surface area contributed by atoms with Crippen LogP contribution in [-0.4, -0.2) is 41.1 Å². The van der Waals surface area contributed by atoms with Crippen molar-refractivity contribution in [3.05, 3.63) is 29.8 Å². The fourth-order valence-electron chi connectivity index (χ4n) is 2.25. The summed E-state index contributed by atoms with van der Waals surface area (Å²) < 4.78 is 5.53. The third-order valence-corrected chi connectivity index (χ3v) is 3.95. The quantitative estimate of drug-likeness (QED) is 0.916. The average Bonchev–Trinajstić information content (AvgIpc) is 2.44. The van der Waals surface area contributed by atoms with Crippen LogP contribution in [0.25, 0.3) is 0 Å². The van der Waals surface area contributed by atoms with E-state index in [2.05, 4.69) is 0 Å². The van der Waals surface area contributed by atoms with E-state index >= 15 is 0 Å². The van der Waals surface area contributed by atoms with Crippen molar-refractivity contribution in [3.63, 3.8) is 0 Å². The van der Waals surface area contributed by atoms with Gasteiger partial charge in [-0.25, -0.2) is 4.79 Å². The van der Waals surface area contributed by atoms with Crippen molar-refractivity contribution in [2.75, 3.05) is 13.7 Å². The van der Waals surface area contributed by atoms with Crippen LogP contribution in [0.2, 0.25) is 0 Å². The molecule has 1 aromatic rings. The van der Waals surface area contributed by atoms with Crippen LogP contribution in [-0.2, 0) is 9.59 Å². The van der Waals surface area contributed by atoms with Crippen molar-refractivity contribution >= 4 is 11.9 Å². The van der Waals surface area contributed by atoms with Crippen molar-refractivity contribution < 1.29 is 19.4 Å². The molecule has 1 N–H and O–H groups in total. The maximum atomic E-state index is 12.6. The number of benzene rings is 1. The highest BCUT2D eigenvalue weighted by Crippen LogP contribution is 2.35. The van der Waals surface area contributed by atoms with Gasteiger partial charge in [-0.1, -0.05) is 18.2 Å². The van der Waals surface area contributed by atoms with Gasteiger partial charge in [0.1, 0.15) is 11.3 Å². The summed E-state index contributed by atoms with van der Waals surface area (Å²) in [6, 6.07) is 7.41. The van der Waals surface area contributed by atoms with Crippen molar-refractivity contribution in [1.29, 1.82) is 0 Å². The van der Waals surface area contributed by atoms with E-state index in [1.165, 1.54) is 25.8 Å². The predicted octanol–water partition coefficient (Wildman–Crippen LogP) is 1.87. The van der Waals surface area contributed by atoms with Crippen LogP contribution in [0.1, 0.15) is 31.7 Å². The molecule has 1 aliphatic rings. The first-order valence-electron chi connectivity index (χ1n) is 6.58. The molecule has 0 bridgehead atoms. The summed E-state index contributed by atoms with van der Waals surface area (Å²) in [4.78, 5) is 25.2. The maximum absolute atomic E-state index is 12.6. The van der Waals surface area contributed by atoms with E-state index in [0.717, 1.165) is 5.56 Å². The molecule has 1 unspecified atom stereocenters. The second-order valence-electron chi connectivity index (χ2n) is 5.49. The van der Waals surface area contributed by atoms with Gasteiger partial charge in [-0.3, -0.25) is 4.79 Å². The van der Waals surface area contributed by atoms with Crippen molar-refractivity contribution in [1.82, 2.24) is 4.90 Å². The number of para-hydroxylation sites is 1. The van der Waals surface area contributed by atoms with Gasteiger partial charge in [-0.05, 0) is 26.3 Å². The Morgan fingerprint density at radius 3 is 2.65 bits per heavy atom. The molecule has 0 saturated heterocycles. The average molecular weight is 277 g/mol. The van der Waals surface area contributed by atoms with Gasteiger partial charge in [-0.15, -0.1) is 0 Å². The number of carbonyl (C=O) groups excluding carboxylic acids is 1. The Bertz CT molecular complexity index is 538. The highest BCUT2D eigenvalue weighted by Gasteiger charge is 2.39. The first-order chi connectivity index (χ1) is 9.35. The number of fused-ring (bicyclic) bond motifs is 1. The number of carboxylic acid groups (broad SMARTS) is 1. The molecule has 5 heteroatoms. The van der Waals surface area contributed by atoms with Gasteiger partial charge < -0.3 is 14.7 Å². The third-order valence-electron chi connectivity index (χ3n) is 3.95. The van der Waals surface area contributed by atoms with Crippen LogP contribution < -0.4 is 4.74 Å². The molecule has 0 radical (unpaired) electrons. The summed E-state index contributed by atoms with van der Waals surface area (Å²) in [5.41, 5.74) is -0.401. The Hall–Kier alpha value is -2.04. The van der Waals surface area contributed by atoms with Crippen LogP contribution in [0, 0.1) is 0 Å². The van der Waals surface area contributed by atoms with E-state index in [0.29, 0.717) is 18.8 Å². The lowest BCUT2D eigenvalue weighted by molar-refractivity contribution is -0.156. The Balaban J connectivity index is 2.29. The molecule has 1 atom stereocenters. The van der Waals surface area contributed by atoms with Crippen LogP contribution >= 0.6 is 0 Å². The number of amides is 1. The van der Waals surface area contributed by atoms with Crippen LogP contribution in [0.3, 0.4) is 0 Å². The van der Waals surface area contributed by atoms with Gasteiger partial charge in [0.2, 0.25) is 5.91 Å². The maximum Gasteiger partial charge on any atom is 0.329 e. The van der Waals surface area contributed by atoms with Gasteiger partial charge in [0, 0.05) is 12.6 Å². The molecule has 108 valence electrons. The smallest absolute Gasteiger partial charge is 0.329 e. The van der Waals surface area contributed by atoms with Crippen molar-refractivity contribution in [3.8, 4) is 5.75 Å². The standard InChI is InChI=1S/C15H19NO4/c1-15(2,14(18)19)16(3)13(17)11-8-9-20-12-7-5-4-6-10(11)12/h4-7,11H,8-9H2,1-3H3,(H,18,19). The van der Waals surface area contributed by atoms with Crippen LogP contribution in [0.15, 0.2) is 24.3 Å². The normalized spacial score (nSPS) is 17.9. The molecular weight excluding hydrogens is 258 g/mol. The molecule has 2 rings (SSSR count). The Kier molecular flexibility index (Phi) is 3.70. The number of rotatable bonds is 3. The van der Waals surface area contributed by atoms with Crippen LogP contribution in [0.4, 0.5) is 0 Å². The zero-order chi connectivity index (χ0) is 14.9. The van der Waals surface area contributed by atoms with Crippen molar-refractivity contribution in [2.24, 2.45) is 0 Å². The van der Waals surface area contributed by atoms with Crippen molar-refractivity contribution in [2.45, 2.75) is 31.7 Å². The topological polar surface area (TPSA) is 66.8 Å². The number of hydrogen-bond acceptors (Lipinski definition) is 3. The molecule has 20 heavy (non-hydrogen) atoms. The summed E-state index contributed by atoms with van der Waals surface area (Å²) in [6.07, 6.45) is 0.565. The van der Waals surface area contributed by atoms with E-state index < -0.39 is 11.5 Å². The lowest BCUT2D eigenvalue weighted by Gasteiger charge is -2.35. The number of nitrogens with zero attached hydrogens (tertiary/aromatic N) is 1. The highest BCUT2D eigenvalue weighted by molar-refractivity contribution is 5.90. The first-order valence-corrected chi connectivity index (χ1v) is 6.58. The van der Waals surface area contributed by atoms with E-state index in [4.69, 9.17) is 4.74 Å². The summed E-state index contributed by atoms with van der Waals surface area (Å²) in [5, 5.41) is 9.24. The fraction of sp³-hybridized carbons (Fsp3) is 0.467. The molecule has 0 aliphatic carbocycles. The second kappa shape index (κ2) is 5.15. The molecule has 1 amide bonds. The zero-order valence-corrected chi connectivity index (χ0v) is 11.9. The monoisotopic (exact) mass is 277 g/mol. The van der Waals surface area contributed by atoms with Gasteiger partial charge >= 0.3 is 5.97 Å². The first kappa shape index (κ1) is 14.4. The lowest BCUT2D eigenvalue weighted by Crippen LogP contribution is -2.52. The third kappa shape index (κ3) is 2.35. The molecular formula is C15H19NO4. The molecule has 0 saturated carbocycles. The summed E-state index contributed by atoms with van der Waals surface area (Å²) in [6.45, 7) is 3.52. The zero-order valence-electron chi connectivity index (χ0n) is 11.9. The number of aliphatic carboxylic acids is 1. The molecule has 5 nitrogen and oxygen atoms in total. The molecule has 1 heterocycles. The Labute approximate surface area is 118 Å². The highest BCUT2D eigenvalue weighted by atomic mass is 16.5. The van der Waals surface area contributed by atoms with Gasteiger partial charge in [0.05, 0.1) is 12.5 Å². The molecule has 1 aliphatic heterocycles. The number of likely N-dealkylation sites (N-methyl/N-ethyl adjacent to an activating group) is 1. The van der Waals surface area contributed by atoms with E-state index in [9.17, 15) is 14.7 Å². The van der Waals surface area contributed by atoms with Crippen LogP contribution in [0.5, 0.6) is 5.75 Å². The lowest BCUT2D eigenvalue weighted by atomic mass is 9.90. The second-order valence-corrected chi connectivity index (χ2v) is 5.49. The fourth-order valence-corrected chi connectivity index (χ4v) is 2.25. The number of ether oxygens (including phenoxy) is 1. The minimum atomic E-state index is -1.23. The number of carbonyl (C=O) groups is 2. The summed E-state index contributed by atoms with van der Waals surface area (Å²) >= 11 is 0. The number of hydrogen-bond donors (Lipinski definition) is 1. The minimum absolute atomic E-state index is 0.187. The Morgan fingerprint density at radius 1 is 1.35 bits per heavy atom. The van der Waals surface area contributed by atoms with E-state index in [1.807, 2.05) is 24.3 Å². The predicted molar refractivity (Wildman–Crippen MR) is 73.8 cm³/mol. The van der Waals surface area contributed by atoms with E-state index in [1.54, 1.807) is 0 Å². The summed E-state index contributed by atoms with van der Waals surface area (Å²) in [7, 11) is 1.54. The SMILES string of the molecule is CN(C(=O)C1CCOc2ccccc21)C(C)(C)C(=O)O. The van der Waals surface area contributed by atoms with E-state index in [-0.39, 0.29) is 11.8 Å². The molecule has 0 fully saturated rings.